The van der Waals surface area contributed by atoms with Crippen molar-refractivity contribution in [3.8, 4) is 0 Å². The van der Waals surface area contributed by atoms with Crippen LogP contribution in [0.2, 0.25) is 0 Å². The lowest BCUT2D eigenvalue weighted by molar-refractivity contribution is -0.123. The predicted octanol–water partition coefficient (Wildman–Crippen LogP) is 1.50. The molecule has 104 valence electrons. The molecule has 19 heavy (non-hydrogen) atoms. The SMILES string of the molecule is Cc1nc(CCNC(=O)C2NCC3CCCC32)cs1. The van der Waals surface area contributed by atoms with Crippen LogP contribution in [0.3, 0.4) is 0 Å². The second-order valence-electron chi connectivity index (χ2n) is 5.64. The van der Waals surface area contributed by atoms with Gasteiger partial charge < -0.3 is 10.6 Å². The van der Waals surface area contributed by atoms with E-state index in [2.05, 4.69) is 21.0 Å². The summed E-state index contributed by atoms with van der Waals surface area (Å²) in [6.45, 7) is 3.72. The zero-order chi connectivity index (χ0) is 13.2. The van der Waals surface area contributed by atoms with Crippen molar-refractivity contribution in [3.63, 3.8) is 0 Å². The minimum Gasteiger partial charge on any atom is -0.354 e. The Hall–Kier alpha value is -0.940. The van der Waals surface area contributed by atoms with Gasteiger partial charge in [0.1, 0.15) is 0 Å². The molecule has 0 radical (unpaired) electrons. The highest BCUT2D eigenvalue weighted by Crippen LogP contribution is 2.37. The molecule has 1 aliphatic carbocycles. The fourth-order valence-corrected chi connectivity index (χ4v) is 4.07. The van der Waals surface area contributed by atoms with Gasteiger partial charge in [-0.15, -0.1) is 11.3 Å². The monoisotopic (exact) mass is 279 g/mol. The molecule has 1 aliphatic heterocycles. The van der Waals surface area contributed by atoms with Gasteiger partial charge in [0, 0.05) is 18.3 Å². The van der Waals surface area contributed by atoms with E-state index in [9.17, 15) is 4.79 Å². The summed E-state index contributed by atoms with van der Waals surface area (Å²) >= 11 is 1.66. The Morgan fingerprint density at radius 1 is 1.58 bits per heavy atom. The van der Waals surface area contributed by atoms with E-state index in [-0.39, 0.29) is 11.9 Å². The van der Waals surface area contributed by atoms with Crippen molar-refractivity contribution < 1.29 is 4.79 Å². The molecule has 3 unspecified atom stereocenters. The Labute approximate surface area is 118 Å². The van der Waals surface area contributed by atoms with Crippen LogP contribution in [0.15, 0.2) is 5.38 Å². The molecule has 0 aromatic carbocycles. The molecule has 0 spiro atoms. The Balaban J connectivity index is 1.46. The van der Waals surface area contributed by atoms with E-state index in [1.165, 1.54) is 19.3 Å². The molecule has 1 amide bonds. The minimum absolute atomic E-state index is 0.0460. The van der Waals surface area contributed by atoms with E-state index in [4.69, 9.17) is 0 Å². The summed E-state index contributed by atoms with van der Waals surface area (Å²) in [6.07, 6.45) is 4.62. The second-order valence-corrected chi connectivity index (χ2v) is 6.70. The molecule has 4 nitrogen and oxygen atoms in total. The summed E-state index contributed by atoms with van der Waals surface area (Å²) < 4.78 is 0. The summed E-state index contributed by atoms with van der Waals surface area (Å²) in [4.78, 5) is 16.6. The number of nitrogens with one attached hydrogen (secondary N) is 2. The predicted molar refractivity (Wildman–Crippen MR) is 76.2 cm³/mol. The molecule has 3 atom stereocenters. The lowest BCUT2D eigenvalue weighted by Gasteiger charge is -2.17. The molecule has 1 saturated carbocycles. The van der Waals surface area contributed by atoms with E-state index >= 15 is 0 Å². The summed E-state index contributed by atoms with van der Waals surface area (Å²) in [5, 5.41) is 9.61. The highest BCUT2D eigenvalue weighted by atomic mass is 32.1. The Morgan fingerprint density at radius 3 is 3.26 bits per heavy atom. The van der Waals surface area contributed by atoms with Gasteiger partial charge in [-0.3, -0.25) is 4.79 Å². The van der Waals surface area contributed by atoms with Gasteiger partial charge in [0.15, 0.2) is 0 Å². The highest BCUT2D eigenvalue weighted by molar-refractivity contribution is 7.09. The molecule has 2 fully saturated rings. The summed E-state index contributed by atoms with van der Waals surface area (Å²) in [7, 11) is 0. The lowest BCUT2D eigenvalue weighted by Crippen LogP contribution is -2.44. The molecular formula is C14H21N3OS. The van der Waals surface area contributed by atoms with E-state index < -0.39 is 0 Å². The van der Waals surface area contributed by atoms with Crippen molar-refractivity contribution in [1.29, 1.82) is 0 Å². The second kappa shape index (κ2) is 5.59. The highest BCUT2D eigenvalue weighted by Gasteiger charge is 2.42. The van der Waals surface area contributed by atoms with Crippen molar-refractivity contribution in [3.05, 3.63) is 16.1 Å². The number of fused-ring (bicyclic) bond motifs is 1. The molecule has 1 aromatic heterocycles. The first-order valence-electron chi connectivity index (χ1n) is 7.16. The van der Waals surface area contributed by atoms with Crippen LogP contribution in [0.25, 0.3) is 0 Å². The Kier molecular flexibility index (Phi) is 3.84. The summed E-state index contributed by atoms with van der Waals surface area (Å²) in [6, 6.07) is 0.0460. The number of hydrogen-bond donors (Lipinski definition) is 2. The zero-order valence-electron chi connectivity index (χ0n) is 11.3. The quantitative estimate of drug-likeness (QED) is 0.878. The van der Waals surface area contributed by atoms with E-state index in [0.29, 0.717) is 12.5 Å². The number of aryl methyl sites for hydroxylation is 1. The van der Waals surface area contributed by atoms with Gasteiger partial charge in [-0.2, -0.15) is 0 Å². The van der Waals surface area contributed by atoms with Crippen molar-refractivity contribution in [2.45, 2.75) is 38.6 Å². The maximum atomic E-state index is 12.2. The van der Waals surface area contributed by atoms with Crippen LogP contribution in [-0.4, -0.2) is 30.0 Å². The van der Waals surface area contributed by atoms with E-state index in [1.54, 1.807) is 11.3 Å². The Morgan fingerprint density at radius 2 is 2.47 bits per heavy atom. The Bertz CT molecular complexity index is 459. The summed E-state index contributed by atoms with van der Waals surface area (Å²) in [5.41, 5.74) is 1.08. The average Bonchev–Trinajstić information content (AvgIpc) is 3.04. The maximum absolute atomic E-state index is 12.2. The maximum Gasteiger partial charge on any atom is 0.237 e. The number of carbonyl (C=O) groups is 1. The molecule has 1 saturated heterocycles. The normalized spacial score (nSPS) is 29.4. The van der Waals surface area contributed by atoms with Crippen LogP contribution in [0, 0.1) is 18.8 Å². The minimum atomic E-state index is 0.0460. The smallest absolute Gasteiger partial charge is 0.237 e. The van der Waals surface area contributed by atoms with Crippen LogP contribution in [-0.2, 0) is 11.2 Å². The molecule has 2 heterocycles. The molecule has 5 heteroatoms. The molecule has 1 aromatic rings. The topological polar surface area (TPSA) is 54.0 Å². The first kappa shape index (κ1) is 13.1. The first-order chi connectivity index (χ1) is 9.24. The average molecular weight is 279 g/mol. The molecular weight excluding hydrogens is 258 g/mol. The molecule has 2 N–H and O–H groups in total. The van der Waals surface area contributed by atoms with Gasteiger partial charge in [-0.1, -0.05) is 6.42 Å². The van der Waals surface area contributed by atoms with E-state index in [0.717, 1.165) is 29.6 Å². The standard InChI is InChI=1S/C14H21N3OS/c1-9-17-11(8-19-9)5-6-15-14(18)13-12-4-2-3-10(12)7-16-13/h8,10,12-13,16H,2-7H2,1H3,(H,15,18). The van der Waals surface area contributed by atoms with Crippen LogP contribution in [0.5, 0.6) is 0 Å². The van der Waals surface area contributed by atoms with Crippen LogP contribution in [0.4, 0.5) is 0 Å². The van der Waals surface area contributed by atoms with Crippen molar-refractivity contribution >= 4 is 17.2 Å². The van der Waals surface area contributed by atoms with Gasteiger partial charge in [0.25, 0.3) is 0 Å². The third-order valence-corrected chi connectivity index (χ3v) is 5.20. The number of aromatic nitrogens is 1. The van der Waals surface area contributed by atoms with Gasteiger partial charge in [-0.25, -0.2) is 4.98 Å². The van der Waals surface area contributed by atoms with Gasteiger partial charge in [0.05, 0.1) is 16.7 Å². The fraction of sp³-hybridized carbons (Fsp3) is 0.714. The number of hydrogen-bond acceptors (Lipinski definition) is 4. The number of amides is 1. The largest absolute Gasteiger partial charge is 0.354 e. The fourth-order valence-electron chi connectivity index (χ4n) is 3.42. The lowest BCUT2D eigenvalue weighted by atomic mass is 9.93. The first-order valence-corrected chi connectivity index (χ1v) is 8.04. The number of thiazole rings is 1. The number of rotatable bonds is 4. The third-order valence-electron chi connectivity index (χ3n) is 4.38. The van der Waals surface area contributed by atoms with Crippen LogP contribution >= 0.6 is 11.3 Å². The summed E-state index contributed by atoms with van der Waals surface area (Å²) in [5.74, 6) is 1.49. The number of carbonyl (C=O) groups excluding carboxylic acids is 1. The van der Waals surface area contributed by atoms with E-state index in [1.807, 2.05) is 6.92 Å². The third kappa shape index (κ3) is 2.82. The van der Waals surface area contributed by atoms with Gasteiger partial charge in [0.2, 0.25) is 5.91 Å². The van der Waals surface area contributed by atoms with Crippen molar-refractivity contribution in [2.75, 3.05) is 13.1 Å². The molecule has 0 bridgehead atoms. The molecule has 2 aliphatic rings. The van der Waals surface area contributed by atoms with Crippen LogP contribution < -0.4 is 10.6 Å². The molecule has 3 rings (SSSR count). The number of nitrogens with zero attached hydrogens (tertiary/aromatic N) is 1. The van der Waals surface area contributed by atoms with Crippen molar-refractivity contribution in [2.24, 2.45) is 11.8 Å². The van der Waals surface area contributed by atoms with Gasteiger partial charge in [-0.05, 0) is 38.1 Å². The van der Waals surface area contributed by atoms with Crippen LogP contribution in [0.1, 0.15) is 30.0 Å². The zero-order valence-corrected chi connectivity index (χ0v) is 12.1. The van der Waals surface area contributed by atoms with Crippen molar-refractivity contribution in [1.82, 2.24) is 15.6 Å². The van der Waals surface area contributed by atoms with Gasteiger partial charge >= 0.3 is 0 Å².